The summed E-state index contributed by atoms with van der Waals surface area (Å²) in [5.41, 5.74) is 2.50. The molecule has 0 unspecified atom stereocenters. The molecule has 8 heteroatoms. The van der Waals surface area contributed by atoms with E-state index in [0.717, 1.165) is 30.5 Å². The molecule has 7 nitrogen and oxygen atoms in total. The number of hydrogen-bond acceptors (Lipinski definition) is 5. The van der Waals surface area contributed by atoms with Gasteiger partial charge in [-0.25, -0.2) is 13.1 Å². The highest BCUT2D eigenvalue weighted by atomic mass is 32.2. The number of nitriles is 1. The lowest BCUT2D eigenvalue weighted by atomic mass is 10.1. The number of carbonyl (C=O) groups excluding carboxylic acids is 1. The molecule has 170 valence electrons. The van der Waals surface area contributed by atoms with Gasteiger partial charge in [0.05, 0.1) is 16.5 Å². The number of amides is 1. The Hall–Kier alpha value is -2.73. The summed E-state index contributed by atoms with van der Waals surface area (Å²) in [5.74, 6) is 0.0447. The van der Waals surface area contributed by atoms with E-state index >= 15 is 0 Å². The Morgan fingerprint density at radius 1 is 1.03 bits per heavy atom. The molecular weight excluding hydrogens is 424 g/mol. The fourth-order valence-electron chi connectivity index (χ4n) is 3.25. The van der Waals surface area contributed by atoms with E-state index in [9.17, 15) is 13.2 Å². The van der Waals surface area contributed by atoms with Crippen LogP contribution in [-0.4, -0.2) is 57.4 Å². The molecule has 0 heterocycles. The van der Waals surface area contributed by atoms with Crippen LogP contribution in [0, 0.1) is 11.3 Å². The van der Waals surface area contributed by atoms with Crippen LogP contribution < -0.4 is 4.72 Å². The highest BCUT2D eigenvalue weighted by Crippen LogP contribution is 2.22. The van der Waals surface area contributed by atoms with E-state index in [1.807, 2.05) is 36.0 Å². The number of aryl methyl sites for hydroxylation is 1. The molecule has 1 saturated carbocycles. The molecule has 0 atom stereocenters. The maximum absolute atomic E-state index is 13.0. The van der Waals surface area contributed by atoms with E-state index in [-0.39, 0.29) is 16.8 Å². The fourth-order valence-corrected chi connectivity index (χ4v) is 4.56. The quantitative estimate of drug-likeness (QED) is 0.563. The Morgan fingerprint density at radius 2 is 1.66 bits per heavy atom. The normalized spacial score (nSPS) is 13.7. The molecule has 2 aromatic carbocycles. The van der Waals surface area contributed by atoms with Crippen molar-refractivity contribution in [2.75, 3.05) is 27.2 Å². The molecule has 2 aromatic rings. The first kappa shape index (κ1) is 23.9. The summed E-state index contributed by atoms with van der Waals surface area (Å²) in [6.07, 6.45) is 2.68. The number of rotatable bonds is 11. The maximum atomic E-state index is 13.0. The van der Waals surface area contributed by atoms with Crippen LogP contribution in [0.25, 0.3) is 0 Å². The van der Waals surface area contributed by atoms with Gasteiger partial charge >= 0.3 is 0 Å². The molecule has 1 aliphatic carbocycles. The smallest absolute Gasteiger partial charge is 0.240 e. The minimum atomic E-state index is -3.46. The second kappa shape index (κ2) is 10.7. The van der Waals surface area contributed by atoms with Gasteiger partial charge < -0.3 is 9.80 Å². The molecule has 1 N–H and O–H groups in total. The summed E-state index contributed by atoms with van der Waals surface area (Å²) in [4.78, 5) is 17.1. The van der Waals surface area contributed by atoms with E-state index in [2.05, 4.69) is 10.8 Å². The first-order valence-electron chi connectivity index (χ1n) is 10.8. The second-order valence-corrected chi connectivity index (χ2v) is 10.2. The van der Waals surface area contributed by atoms with Crippen molar-refractivity contribution in [1.29, 1.82) is 5.26 Å². The van der Waals surface area contributed by atoms with Gasteiger partial charge in [0.15, 0.2) is 0 Å². The Labute approximate surface area is 190 Å². The SMILES string of the molecule is CN(C)CCN(Cc1ccc(C#N)cc1)C(=O)CCc1ccc(S(=O)(=O)NC2CC2)cc1. The second-order valence-electron chi connectivity index (χ2n) is 8.47. The van der Waals surface area contributed by atoms with Crippen LogP contribution in [0.15, 0.2) is 53.4 Å². The molecule has 32 heavy (non-hydrogen) atoms. The zero-order chi connectivity index (χ0) is 23.1. The lowest BCUT2D eigenvalue weighted by Gasteiger charge is -2.25. The summed E-state index contributed by atoms with van der Waals surface area (Å²) in [7, 11) is 0.477. The predicted molar refractivity (Wildman–Crippen MR) is 123 cm³/mol. The Bertz CT molecular complexity index is 1050. The van der Waals surface area contributed by atoms with Crippen LogP contribution in [-0.2, 0) is 27.8 Å². The van der Waals surface area contributed by atoms with Crippen molar-refractivity contribution in [1.82, 2.24) is 14.5 Å². The third-order valence-electron chi connectivity index (χ3n) is 5.39. The van der Waals surface area contributed by atoms with Gasteiger partial charge in [-0.05, 0) is 68.8 Å². The number of benzene rings is 2. The molecule has 0 bridgehead atoms. The predicted octanol–water partition coefficient (Wildman–Crippen LogP) is 2.52. The fraction of sp³-hybridized carbons (Fsp3) is 0.417. The van der Waals surface area contributed by atoms with Crippen LogP contribution in [0.3, 0.4) is 0 Å². The van der Waals surface area contributed by atoms with E-state index in [0.29, 0.717) is 31.5 Å². The Kier molecular flexibility index (Phi) is 8.02. The third-order valence-corrected chi connectivity index (χ3v) is 6.92. The standard InChI is InChI=1S/C24H30N4O3S/c1-27(2)15-16-28(18-21-5-3-20(17-25)4-6-21)24(29)14-9-19-7-12-23(13-8-19)32(30,31)26-22-10-11-22/h3-8,12-13,22,26H,9-11,14-16,18H2,1-2H3. The highest BCUT2D eigenvalue weighted by Gasteiger charge is 2.27. The average Bonchev–Trinajstić information content (AvgIpc) is 3.59. The molecule has 0 aromatic heterocycles. The molecule has 1 amide bonds. The van der Waals surface area contributed by atoms with Gasteiger partial charge in [-0.1, -0.05) is 24.3 Å². The monoisotopic (exact) mass is 454 g/mol. The number of hydrogen-bond donors (Lipinski definition) is 1. The van der Waals surface area contributed by atoms with E-state index in [1.165, 1.54) is 0 Å². The number of carbonyl (C=O) groups is 1. The van der Waals surface area contributed by atoms with Crippen molar-refractivity contribution in [3.05, 3.63) is 65.2 Å². The first-order valence-corrected chi connectivity index (χ1v) is 12.3. The lowest BCUT2D eigenvalue weighted by Crippen LogP contribution is -2.36. The van der Waals surface area contributed by atoms with Gasteiger partial charge in [-0.2, -0.15) is 5.26 Å². The van der Waals surface area contributed by atoms with Gasteiger partial charge in [0.25, 0.3) is 0 Å². The number of sulfonamides is 1. The molecule has 0 radical (unpaired) electrons. The van der Waals surface area contributed by atoms with Crippen LogP contribution in [0.2, 0.25) is 0 Å². The number of nitrogens with zero attached hydrogens (tertiary/aromatic N) is 3. The first-order chi connectivity index (χ1) is 15.3. The van der Waals surface area contributed by atoms with Crippen LogP contribution >= 0.6 is 0 Å². The summed E-state index contributed by atoms with van der Waals surface area (Å²) in [5, 5.41) is 8.97. The third kappa shape index (κ3) is 7.16. The molecule has 0 spiro atoms. The van der Waals surface area contributed by atoms with E-state index in [4.69, 9.17) is 5.26 Å². The van der Waals surface area contributed by atoms with Crippen molar-refractivity contribution in [3.8, 4) is 6.07 Å². The molecule has 1 aliphatic rings. The van der Waals surface area contributed by atoms with Gasteiger partial charge in [0.1, 0.15) is 0 Å². The van der Waals surface area contributed by atoms with Gasteiger partial charge in [0.2, 0.25) is 15.9 Å². The maximum Gasteiger partial charge on any atom is 0.240 e. The van der Waals surface area contributed by atoms with Gasteiger partial charge in [-0.15, -0.1) is 0 Å². The Morgan fingerprint density at radius 3 is 2.22 bits per heavy atom. The van der Waals surface area contributed by atoms with Gasteiger partial charge in [0, 0.05) is 32.1 Å². The van der Waals surface area contributed by atoms with Crippen molar-refractivity contribution < 1.29 is 13.2 Å². The average molecular weight is 455 g/mol. The molecule has 0 saturated heterocycles. The van der Waals surface area contributed by atoms with Crippen molar-refractivity contribution in [3.63, 3.8) is 0 Å². The summed E-state index contributed by atoms with van der Waals surface area (Å²) in [6.45, 7) is 1.85. The van der Waals surface area contributed by atoms with Gasteiger partial charge in [-0.3, -0.25) is 4.79 Å². The Balaban J connectivity index is 1.60. The summed E-state index contributed by atoms with van der Waals surface area (Å²) < 4.78 is 27.3. The topological polar surface area (TPSA) is 93.5 Å². The van der Waals surface area contributed by atoms with Crippen LogP contribution in [0.4, 0.5) is 0 Å². The minimum absolute atomic E-state index is 0.0447. The lowest BCUT2D eigenvalue weighted by molar-refractivity contribution is -0.132. The number of likely N-dealkylation sites (N-methyl/N-ethyl adjacent to an activating group) is 1. The van der Waals surface area contributed by atoms with Crippen LogP contribution in [0.5, 0.6) is 0 Å². The van der Waals surface area contributed by atoms with E-state index < -0.39 is 10.0 Å². The minimum Gasteiger partial charge on any atom is -0.337 e. The zero-order valence-corrected chi connectivity index (χ0v) is 19.4. The molecular formula is C24H30N4O3S. The molecule has 1 fully saturated rings. The molecule has 3 rings (SSSR count). The van der Waals surface area contributed by atoms with Crippen molar-refractivity contribution >= 4 is 15.9 Å². The van der Waals surface area contributed by atoms with Crippen LogP contribution in [0.1, 0.15) is 36.0 Å². The zero-order valence-electron chi connectivity index (χ0n) is 18.6. The highest BCUT2D eigenvalue weighted by molar-refractivity contribution is 7.89. The van der Waals surface area contributed by atoms with E-state index in [1.54, 1.807) is 36.4 Å². The van der Waals surface area contributed by atoms with Crippen molar-refractivity contribution in [2.24, 2.45) is 0 Å². The summed E-state index contributed by atoms with van der Waals surface area (Å²) >= 11 is 0. The number of nitrogens with one attached hydrogen (secondary N) is 1. The van der Waals surface area contributed by atoms with Crippen molar-refractivity contribution in [2.45, 2.75) is 43.2 Å². The largest absolute Gasteiger partial charge is 0.337 e. The molecule has 0 aliphatic heterocycles. The summed E-state index contributed by atoms with van der Waals surface area (Å²) in [6, 6.07) is 16.2.